The molecule has 20 heavy (non-hydrogen) atoms. The first-order valence-corrected chi connectivity index (χ1v) is 6.65. The van der Waals surface area contributed by atoms with Gasteiger partial charge in [0.1, 0.15) is 11.7 Å². The molecule has 0 bridgehead atoms. The summed E-state index contributed by atoms with van der Waals surface area (Å²) in [5.41, 5.74) is 0.127. The molecule has 1 atom stereocenters. The minimum Gasteiger partial charge on any atom is -0.327 e. The molecule has 0 saturated heterocycles. The van der Waals surface area contributed by atoms with Crippen molar-refractivity contribution < 1.29 is 18.0 Å². The lowest BCUT2D eigenvalue weighted by Gasteiger charge is -2.30. The van der Waals surface area contributed by atoms with E-state index in [9.17, 15) is 18.0 Å². The molecule has 0 radical (unpaired) electrons. The van der Waals surface area contributed by atoms with E-state index in [1.807, 2.05) is 0 Å². The third-order valence-electron chi connectivity index (χ3n) is 3.38. The quantitative estimate of drug-likeness (QED) is 0.797. The van der Waals surface area contributed by atoms with Gasteiger partial charge in [0.15, 0.2) is 0 Å². The number of rotatable bonds is 4. The lowest BCUT2D eigenvalue weighted by atomic mass is 10.1. The Bertz CT molecular complexity index is 503. The van der Waals surface area contributed by atoms with Crippen LogP contribution in [0.4, 0.5) is 13.2 Å². The van der Waals surface area contributed by atoms with E-state index in [4.69, 9.17) is 11.6 Å². The van der Waals surface area contributed by atoms with Crippen LogP contribution in [-0.4, -0.2) is 34.6 Å². The molecular weight excluding hydrogens is 293 g/mol. The number of carbonyl (C=O) groups excluding carboxylic acids is 1. The molecule has 1 aromatic heterocycles. The van der Waals surface area contributed by atoms with Gasteiger partial charge in [-0.3, -0.25) is 4.79 Å². The zero-order valence-corrected chi connectivity index (χ0v) is 11.6. The van der Waals surface area contributed by atoms with Crippen LogP contribution >= 0.6 is 11.6 Å². The van der Waals surface area contributed by atoms with Crippen LogP contribution < -0.4 is 0 Å². The summed E-state index contributed by atoms with van der Waals surface area (Å²) < 4.78 is 38.0. The average Bonchev–Trinajstić information content (AvgIpc) is 3.17. The first-order valence-electron chi connectivity index (χ1n) is 6.27. The molecule has 2 rings (SSSR count). The molecule has 110 valence electrons. The maximum atomic E-state index is 12.7. The van der Waals surface area contributed by atoms with Crippen molar-refractivity contribution in [2.45, 2.75) is 32.0 Å². The summed E-state index contributed by atoms with van der Waals surface area (Å²) in [6.07, 6.45) is -1.39. The van der Waals surface area contributed by atoms with Crippen LogP contribution in [0.15, 0.2) is 18.3 Å². The summed E-state index contributed by atoms with van der Waals surface area (Å²) in [7, 11) is 0. The van der Waals surface area contributed by atoms with Crippen molar-refractivity contribution >= 4 is 17.5 Å². The van der Waals surface area contributed by atoms with E-state index >= 15 is 0 Å². The predicted molar refractivity (Wildman–Crippen MR) is 68.5 cm³/mol. The molecule has 1 unspecified atom stereocenters. The van der Waals surface area contributed by atoms with Gasteiger partial charge in [-0.25, -0.2) is 4.98 Å². The molecule has 1 aromatic rings. The lowest BCUT2D eigenvalue weighted by molar-refractivity contribution is -0.144. The fourth-order valence-corrected chi connectivity index (χ4v) is 2.30. The highest BCUT2D eigenvalue weighted by atomic mass is 35.5. The second-order valence-electron chi connectivity index (χ2n) is 4.99. The van der Waals surface area contributed by atoms with Crippen molar-refractivity contribution in [1.29, 1.82) is 0 Å². The first kappa shape index (κ1) is 15.1. The average molecular weight is 307 g/mol. The van der Waals surface area contributed by atoms with Gasteiger partial charge < -0.3 is 4.90 Å². The molecular formula is C13H14ClF3N2O. The van der Waals surface area contributed by atoms with Crippen molar-refractivity contribution in [3.05, 3.63) is 29.0 Å². The van der Waals surface area contributed by atoms with Gasteiger partial charge in [-0.2, -0.15) is 13.2 Å². The summed E-state index contributed by atoms with van der Waals surface area (Å²) in [5.74, 6) is -0.510. The number of hydrogen-bond donors (Lipinski definition) is 0. The molecule has 1 amide bonds. The Morgan fingerprint density at radius 1 is 1.55 bits per heavy atom. The van der Waals surface area contributed by atoms with Crippen molar-refractivity contribution in [3.8, 4) is 0 Å². The topological polar surface area (TPSA) is 33.2 Å². The Kier molecular flexibility index (Phi) is 4.22. The van der Waals surface area contributed by atoms with E-state index in [2.05, 4.69) is 4.98 Å². The van der Waals surface area contributed by atoms with Crippen molar-refractivity contribution in [1.82, 2.24) is 9.88 Å². The van der Waals surface area contributed by atoms with Crippen LogP contribution in [0.1, 0.15) is 30.1 Å². The highest BCUT2D eigenvalue weighted by molar-refractivity contribution is 6.29. The van der Waals surface area contributed by atoms with Crippen molar-refractivity contribution in [2.24, 2.45) is 5.92 Å². The Labute approximate surface area is 119 Å². The highest BCUT2D eigenvalue weighted by Crippen LogP contribution is 2.36. The second kappa shape index (κ2) is 5.60. The minimum atomic E-state index is -4.42. The molecule has 0 N–H and O–H groups in total. The SMILES string of the molecule is CC(C1CC1)N(CC(F)(F)F)C(=O)c1ccnc(Cl)c1. The molecule has 1 aliphatic rings. The third kappa shape index (κ3) is 3.85. The third-order valence-corrected chi connectivity index (χ3v) is 3.59. The second-order valence-corrected chi connectivity index (χ2v) is 5.38. The van der Waals surface area contributed by atoms with Crippen molar-refractivity contribution in [2.75, 3.05) is 6.54 Å². The minimum absolute atomic E-state index is 0.0851. The van der Waals surface area contributed by atoms with E-state index < -0.39 is 24.7 Å². The van der Waals surface area contributed by atoms with Gasteiger partial charge in [-0.15, -0.1) is 0 Å². The van der Waals surface area contributed by atoms with Gasteiger partial charge in [-0.05, 0) is 37.8 Å². The summed E-state index contributed by atoms with van der Waals surface area (Å²) in [6, 6.07) is 2.22. The molecule has 0 aromatic carbocycles. The number of pyridine rings is 1. The van der Waals surface area contributed by atoms with Gasteiger partial charge in [0.25, 0.3) is 5.91 Å². The number of amides is 1. The molecule has 1 fully saturated rings. The van der Waals surface area contributed by atoms with Crippen LogP contribution in [0.25, 0.3) is 0 Å². The Morgan fingerprint density at radius 2 is 2.20 bits per heavy atom. The van der Waals surface area contributed by atoms with Crippen LogP contribution in [0.3, 0.4) is 0 Å². The van der Waals surface area contributed by atoms with Crippen LogP contribution in [-0.2, 0) is 0 Å². The number of hydrogen-bond acceptors (Lipinski definition) is 2. The zero-order valence-electron chi connectivity index (χ0n) is 10.8. The Balaban J connectivity index is 2.23. The Morgan fingerprint density at radius 3 is 2.70 bits per heavy atom. The number of aromatic nitrogens is 1. The largest absolute Gasteiger partial charge is 0.406 e. The van der Waals surface area contributed by atoms with Gasteiger partial charge in [0.05, 0.1) is 0 Å². The monoisotopic (exact) mass is 306 g/mol. The normalized spacial score (nSPS) is 16.9. The van der Waals surface area contributed by atoms with Crippen LogP contribution in [0.2, 0.25) is 5.15 Å². The van der Waals surface area contributed by atoms with Gasteiger partial charge in [0, 0.05) is 17.8 Å². The molecule has 1 saturated carbocycles. The molecule has 1 heterocycles. The van der Waals surface area contributed by atoms with Gasteiger partial charge in [-0.1, -0.05) is 11.6 Å². The van der Waals surface area contributed by atoms with E-state index in [0.29, 0.717) is 0 Å². The lowest BCUT2D eigenvalue weighted by Crippen LogP contribution is -2.45. The van der Waals surface area contributed by atoms with E-state index in [0.717, 1.165) is 17.7 Å². The standard InChI is InChI=1S/C13H14ClF3N2O/c1-8(9-2-3-9)19(7-13(15,16)17)12(20)10-4-5-18-11(14)6-10/h4-6,8-9H,2-3,7H2,1H3. The maximum absolute atomic E-state index is 12.7. The van der Waals surface area contributed by atoms with E-state index in [-0.39, 0.29) is 16.6 Å². The van der Waals surface area contributed by atoms with Gasteiger partial charge >= 0.3 is 6.18 Å². The van der Waals surface area contributed by atoms with Crippen molar-refractivity contribution in [3.63, 3.8) is 0 Å². The van der Waals surface area contributed by atoms with Crippen LogP contribution in [0.5, 0.6) is 0 Å². The summed E-state index contributed by atoms with van der Waals surface area (Å²) in [5, 5.41) is 0.0851. The number of halogens is 4. The molecule has 7 heteroatoms. The van der Waals surface area contributed by atoms with Crippen LogP contribution in [0, 0.1) is 5.92 Å². The zero-order chi connectivity index (χ0) is 14.9. The fourth-order valence-electron chi connectivity index (χ4n) is 2.13. The number of carbonyl (C=O) groups is 1. The summed E-state index contributed by atoms with van der Waals surface area (Å²) >= 11 is 5.68. The molecule has 0 aliphatic heterocycles. The number of nitrogens with zero attached hydrogens (tertiary/aromatic N) is 2. The predicted octanol–water partition coefficient (Wildman–Crippen LogP) is 3.54. The summed E-state index contributed by atoms with van der Waals surface area (Å²) in [4.78, 5) is 16.9. The molecule has 1 aliphatic carbocycles. The highest BCUT2D eigenvalue weighted by Gasteiger charge is 2.40. The van der Waals surface area contributed by atoms with E-state index in [1.54, 1.807) is 6.92 Å². The van der Waals surface area contributed by atoms with E-state index in [1.165, 1.54) is 18.3 Å². The Hall–Kier alpha value is -1.30. The maximum Gasteiger partial charge on any atom is 0.406 e. The molecule has 3 nitrogen and oxygen atoms in total. The number of alkyl halides is 3. The summed E-state index contributed by atoms with van der Waals surface area (Å²) in [6.45, 7) is 0.410. The first-order chi connectivity index (χ1) is 9.28. The smallest absolute Gasteiger partial charge is 0.327 e. The molecule has 0 spiro atoms. The fraction of sp³-hybridized carbons (Fsp3) is 0.538. The van der Waals surface area contributed by atoms with Gasteiger partial charge in [0.2, 0.25) is 0 Å².